The number of nitrogens with zero attached hydrogens (tertiary/aromatic N) is 2. The van der Waals surface area contributed by atoms with Gasteiger partial charge in [0.05, 0.1) is 0 Å². The molecule has 1 aromatic carbocycles. The van der Waals surface area contributed by atoms with Gasteiger partial charge in [0.15, 0.2) is 5.96 Å². The normalized spacial score (nSPS) is 16.4. The molecule has 1 aliphatic carbocycles. The van der Waals surface area contributed by atoms with Gasteiger partial charge in [0.25, 0.3) is 0 Å². The number of benzene rings is 1. The van der Waals surface area contributed by atoms with Crippen LogP contribution in [0.4, 0.5) is 5.82 Å². The monoisotopic (exact) mass is 436 g/mol. The molecular formula is C19H25IN4. The molecule has 0 radical (unpaired) electrons. The van der Waals surface area contributed by atoms with Crippen molar-refractivity contribution in [2.45, 2.75) is 32.1 Å². The molecule has 0 atom stereocenters. The number of nitrogens with one attached hydrogen (secondary N) is 1. The van der Waals surface area contributed by atoms with Crippen molar-refractivity contribution in [1.82, 2.24) is 4.98 Å². The van der Waals surface area contributed by atoms with Crippen molar-refractivity contribution in [3.05, 3.63) is 60.3 Å². The standard InChI is InChI=1S/C19H24N4.HI/c20-18(23-17-10-4-7-13-21-17)22-15-19(11-5-6-12-19)14-16-8-2-1-3-9-16;/h1-4,7-10,13H,5-6,11-12,14-15H2,(H3,20,21,22,23);1H. The lowest BCUT2D eigenvalue weighted by Crippen LogP contribution is -2.29. The molecule has 1 fully saturated rings. The molecule has 3 N–H and O–H groups in total. The van der Waals surface area contributed by atoms with Gasteiger partial charge in [-0.15, -0.1) is 24.0 Å². The minimum Gasteiger partial charge on any atom is -0.370 e. The van der Waals surface area contributed by atoms with Crippen LogP contribution in [0.3, 0.4) is 0 Å². The molecule has 1 aliphatic rings. The van der Waals surface area contributed by atoms with Crippen molar-refractivity contribution in [1.29, 1.82) is 0 Å². The minimum absolute atomic E-state index is 0. The second kappa shape index (κ2) is 9.01. The third kappa shape index (κ3) is 5.19. The van der Waals surface area contributed by atoms with E-state index < -0.39 is 0 Å². The van der Waals surface area contributed by atoms with Crippen LogP contribution in [0.1, 0.15) is 31.2 Å². The van der Waals surface area contributed by atoms with Crippen molar-refractivity contribution in [3.63, 3.8) is 0 Å². The molecule has 0 unspecified atom stereocenters. The van der Waals surface area contributed by atoms with Crippen LogP contribution >= 0.6 is 24.0 Å². The first-order valence-corrected chi connectivity index (χ1v) is 8.28. The summed E-state index contributed by atoms with van der Waals surface area (Å²) in [6.45, 7) is 0.771. The van der Waals surface area contributed by atoms with Crippen LogP contribution in [0.25, 0.3) is 0 Å². The van der Waals surface area contributed by atoms with E-state index >= 15 is 0 Å². The van der Waals surface area contributed by atoms with E-state index in [9.17, 15) is 0 Å². The molecule has 0 saturated heterocycles. The molecule has 5 heteroatoms. The van der Waals surface area contributed by atoms with Gasteiger partial charge in [-0.05, 0) is 42.4 Å². The van der Waals surface area contributed by atoms with Crippen molar-refractivity contribution in [3.8, 4) is 0 Å². The Kier molecular flexibility index (Phi) is 7.02. The number of halogens is 1. The Hall–Kier alpha value is -1.63. The first-order valence-electron chi connectivity index (χ1n) is 8.28. The highest BCUT2D eigenvalue weighted by molar-refractivity contribution is 14.0. The van der Waals surface area contributed by atoms with Crippen molar-refractivity contribution in [2.24, 2.45) is 16.1 Å². The fraction of sp³-hybridized carbons (Fsp3) is 0.368. The zero-order valence-corrected chi connectivity index (χ0v) is 16.1. The number of rotatable bonds is 5. The predicted molar refractivity (Wildman–Crippen MR) is 111 cm³/mol. The Bertz CT molecular complexity index is 637. The molecule has 4 nitrogen and oxygen atoms in total. The van der Waals surface area contributed by atoms with Crippen LogP contribution in [-0.2, 0) is 6.42 Å². The predicted octanol–water partition coefficient (Wildman–Crippen LogP) is 4.23. The number of hydrogen-bond acceptors (Lipinski definition) is 2. The number of guanidine groups is 1. The summed E-state index contributed by atoms with van der Waals surface area (Å²) in [5, 5.41) is 3.06. The number of pyridine rings is 1. The van der Waals surface area contributed by atoms with Crippen LogP contribution < -0.4 is 11.1 Å². The lowest BCUT2D eigenvalue weighted by atomic mass is 9.80. The Balaban J connectivity index is 0.00000208. The van der Waals surface area contributed by atoms with Crippen LogP contribution in [-0.4, -0.2) is 17.5 Å². The SMILES string of the molecule is I.NC(=NCC1(Cc2ccccc2)CCCC1)Nc1ccccn1. The molecule has 1 heterocycles. The summed E-state index contributed by atoms with van der Waals surface area (Å²) in [5.74, 6) is 1.18. The first kappa shape index (κ1) is 18.7. The number of aromatic nitrogens is 1. The topological polar surface area (TPSA) is 63.3 Å². The van der Waals surface area contributed by atoms with E-state index in [-0.39, 0.29) is 29.4 Å². The van der Waals surface area contributed by atoms with Gasteiger partial charge in [0.2, 0.25) is 0 Å². The third-order valence-electron chi connectivity index (χ3n) is 4.59. The number of hydrogen-bond donors (Lipinski definition) is 2. The molecule has 1 saturated carbocycles. The van der Waals surface area contributed by atoms with E-state index in [0.717, 1.165) is 18.8 Å². The van der Waals surface area contributed by atoms with Crippen molar-refractivity contribution < 1.29 is 0 Å². The highest BCUT2D eigenvalue weighted by atomic mass is 127. The van der Waals surface area contributed by atoms with Gasteiger partial charge in [-0.3, -0.25) is 4.99 Å². The summed E-state index contributed by atoms with van der Waals surface area (Å²) in [5.41, 5.74) is 7.67. The molecule has 0 spiro atoms. The van der Waals surface area contributed by atoms with Gasteiger partial charge >= 0.3 is 0 Å². The average molecular weight is 436 g/mol. The van der Waals surface area contributed by atoms with Crippen LogP contribution in [0, 0.1) is 5.41 Å². The minimum atomic E-state index is 0. The molecule has 128 valence electrons. The Labute approximate surface area is 161 Å². The van der Waals surface area contributed by atoms with Crippen LogP contribution in [0.15, 0.2) is 59.7 Å². The van der Waals surface area contributed by atoms with Gasteiger partial charge < -0.3 is 11.1 Å². The van der Waals surface area contributed by atoms with E-state index in [2.05, 4.69) is 45.6 Å². The molecule has 24 heavy (non-hydrogen) atoms. The second-order valence-corrected chi connectivity index (χ2v) is 6.41. The highest BCUT2D eigenvalue weighted by Gasteiger charge is 2.33. The molecule has 0 bridgehead atoms. The average Bonchev–Trinajstić information content (AvgIpc) is 3.04. The highest BCUT2D eigenvalue weighted by Crippen LogP contribution is 2.41. The summed E-state index contributed by atoms with van der Waals surface area (Å²) in [7, 11) is 0. The fourth-order valence-corrected chi connectivity index (χ4v) is 3.40. The van der Waals surface area contributed by atoms with Gasteiger partial charge in [-0.1, -0.05) is 49.2 Å². The lowest BCUT2D eigenvalue weighted by molar-refractivity contribution is 0.307. The van der Waals surface area contributed by atoms with E-state index in [1.54, 1.807) is 6.20 Å². The van der Waals surface area contributed by atoms with Crippen LogP contribution in [0.5, 0.6) is 0 Å². The van der Waals surface area contributed by atoms with Crippen molar-refractivity contribution >= 4 is 35.8 Å². The van der Waals surface area contributed by atoms with Gasteiger partial charge in [0.1, 0.15) is 5.82 Å². The fourth-order valence-electron chi connectivity index (χ4n) is 3.40. The van der Waals surface area contributed by atoms with Gasteiger partial charge in [0, 0.05) is 12.7 Å². The Morgan fingerprint density at radius 1 is 1.08 bits per heavy atom. The smallest absolute Gasteiger partial charge is 0.194 e. The molecule has 2 aromatic rings. The van der Waals surface area contributed by atoms with E-state index in [1.807, 2.05) is 18.2 Å². The Morgan fingerprint density at radius 3 is 2.46 bits per heavy atom. The molecular weight excluding hydrogens is 411 g/mol. The molecule has 3 rings (SSSR count). The number of nitrogens with two attached hydrogens (primary N) is 1. The van der Waals surface area contributed by atoms with E-state index in [4.69, 9.17) is 5.73 Å². The molecule has 0 aliphatic heterocycles. The van der Waals surface area contributed by atoms with E-state index in [0.29, 0.717) is 5.96 Å². The number of aliphatic imine (C=N–C) groups is 1. The summed E-state index contributed by atoms with van der Waals surface area (Å²) in [6, 6.07) is 16.4. The first-order chi connectivity index (χ1) is 11.3. The summed E-state index contributed by atoms with van der Waals surface area (Å²) >= 11 is 0. The molecule has 0 amide bonds. The summed E-state index contributed by atoms with van der Waals surface area (Å²) in [4.78, 5) is 8.82. The van der Waals surface area contributed by atoms with Gasteiger partial charge in [-0.25, -0.2) is 4.98 Å². The lowest BCUT2D eigenvalue weighted by Gasteiger charge is -2.27. The zero-order valence-electron chi connectivity index (χ0n) is 13.8. The summed E-state index contributed by atoms with van der Waals surface area (Å²) < 4.78 is 0. The maximum absolute atomic E-state index is 6.03. The van der Waals surface area contributed by atoms with Crippen LogP contribution in [0.2, 0.25) is 0 Å². The Morgan fingerprint density at radius 2 is 1.79 bits per heavy atom. The maximum Gasteiger partial charge on any atom is 0.194 e. The third-order valence-corrected chi connectivity index (χ3v) is 4.59. The van der Waals surface area contributed by atoms with Gasteiger partial charge in [-0.2, -0.15) is 0 Å². The van der Waals surface area contributed by atoms with E-state index in [1.165, 1.54) is 31.2 Å². The maximum atomic E-state index is 6.03. The second-order valence-electron chi connectivity index (χ2n) is 6.41. The zero-order chi connectivity index (χ0) is 16.0. The summed E-state index contributed by atoms with van der Waals surface area (Å²) in [6.07, 6.45) is 7.84. The largest absolute Gasteiger partial charge is 0.370 e. The number of anilines is 1. The van der Waals surface area contributed by atoms with Crippen molar-refractivity contribution in [2.75, 3.05) is 11.9 Å². The molecule has 1 aromatic heterocycles. The quantitative estimate of drug-likeness (QED) is 0.419.